The zero-order valence-corrected chi connectivity index (χ0v) is 13.0. The molecule has 0 fully saturated rings. The largest absolute Gasteiger partial charge is 0.469 e. The number of unbranched alkanes of at least 4 members (excludes halogenated alkanes) is 4. The Bertz CT molecular complexity index is 248. The van der Waals surface area contributed by atoms with Crippen LogP contribution >= 0.6 is 11.8 Å². The van der Waals surface area contributed by atoms with Crippen molar-refractivity contribution in [3.63, 3.8) is 0 Å². The molecule has 0 aliphatic rings. The maximum atomic E-state index is 10.9. The van der Waals surface area contributed by atoms with Crippen LogP contribution in [-0.4, -0.2) is 48.1 Å². The van der Waals surface area contributed by atoms with Crippen molar-refractivity contribution >= 4 is 23.5 Å². The van der Waals surface area contributed by atoms with E-state index in [1.54, 1.807) is 4.42 Å². The monoisotopic (exact) mass is 307 g/mol. The normalized spacial score (nSPS) is 10.8. The van der Waals surface area contributed by atoms with Crippen LogP contribution < -0.4 is 0 Å². The highest BCUT2D eigenvalue weighted by molar-refractivity contribution is 6.13. The van der Waals surface area contributed by atoms with E-state index in [0.717, 1.165) is 51.6 Å². The molecule has 20 heavy (non-hydrogen) atoms. The molecule has 0 unspecified atom stereocenters. The average Bonchev–Trinajstić information content (AvgIpc) is 2.45. The molecule has 0 aromatic rings. The Hall–Kier alpha value is -0.650. The van der Waals surface area contributed by atoms with Gasteiger partial charge < -0.3 is 9.84 Å². The fourth-order valence-corrected chi connectivity index (χ4v) is 2.04. The van der Waals surface area contributed by atoms with Crippen molar-refractivity contribution in [3.05, 3.63) is 0 Å². The fourth-order valence-electron chi connectivity index (χ4n) is 1.80. The van der Waals surface area contributed by atoms with Crippen LogP contribution in [-0.2, 0) is 14.3 Å². The second-order valence-electron chi connectivity index (χ2n) is 4.80. The molecule has 0 saturated carbocycles. The van der Waals surface area contributed by atoms with Crippen molar-refractivity contribution in [1.29, 1.82) is 0 Å². The summed E-state index contributed by atoms with van der Waals surface area (Å²) in [4.78, 5) is 21.7. The van der Waals surface area contributed by atoms with E-state index < -0.39 is 0 Å². The Morgan fingerprint density at radius 2 is 1.55 bits per heavy atom. The smallest absolute Gasteiger partial charge is 0.305 e. The fraction of sp³-hybridized carbons (Fsp3) is 0.857. The highest BCUT2D eigenvalue weighted by atomic mass is 35.5. The summed E-state index contributed by atoms with van der Waals surface area (Å²) in [6, 6.07) is 0. The Morgan fingerprint density at radius 1 is 1.00 bits per heavy atom. The van der Waals surface area contributed by atoms with Gasteiger partial charge in [-0.05, 0) is 37.5 Å². The number of hydrogen-bond donors (Lipinski definition) is 1. The summed E-state index contributed by atoms with van der Waals surface area (Å²) >= 11 is 6.05. The van der Waals surface area contributed by atoms with E-state index in [4.69, 9.17) is 16.9 Å². The quantitative estimate of drug-likeness (QED) is 0.321. The predicted octanol–water partition coefficient (Wildman–Crippen LogP) is 2.30. The number of methoxy groups -OCH3 is 1. The van der Waals surface area contributed by atoms with E-state index in [2.05, 4.69) is 4.74 Å². The van der Waals surface area contributed by atoms with Gasteiger partial charge in [0, 0.05) is 25.9 Å². The lowest BCUT2D eigenvalue weighted by atomic mass is 10.1. The Labute approximate surface area is 126 Å². The van der Waals surface area contributed by atoms with E-state index in [9.17, 15) is 9.59 Å². The van der Waals surface area contributed by atoms with Gasteiger partial charge in [0.05, 0.1) is 7.11 Å². The molecular formula is C14H26ClNO4. The number of aliphatic hydroxyl groups excluding tert-OH is 1. The minimum Gasteiger partial charge on any atom is -0.469 e. The first-order valence-corrected chi connectivity index (χ1v) is 7.54. The molecule has 0 spiro atoms. The molecule has 0 aliphatic heterocycles. The number of esters is 1. The predicted molar refractivity (Wildman–Crippen MR) is 78.5 cm³/mol. The lowest BCUT2D eigenvalue weighted by molar-refractivity contribution is -0.140. The third kappa shape index (κ3) is 12.4. The van der Waals surface area contributed by atoms with E-state index >= 15 is 0 Å². The Morgan fingerprint density at radius 3 is 2.05 bits per heavy atom. The van der Waals surface area contributed by atoms with Gasteiger partial charge in [-0.1, -0.05) is 12.8 Å². The number of rotatable bonds is 13. The number of aliphatic hydroxyl groups is 1. The second-order valence-corrected chi connectivity index (χ2v) is 5.28. The standard InChI is InChI=1S/C14H26ClNO4/c1-20-14(19)9-5-3-7-11-16(15)10-6-2-4-8-13(18)12-17/h17H,2-12H2,1H3. The second kappa shape index (κ2) is 13.3. The Balaban J connectivity index is 3.30. The number of hydrogen-bond acceptors (Lipinski definition) is 5. The van der Waals surface area contributed by atoms with Crippen LogP contribution in [0.4, 0.5) is 0 Å². The van der Waals surface area contributed by atoms with Gasteiger partial charge >= 0.3 is 5.97 Å². The lowest BCUT2D eigenvalue weighted by Gasteiger charge is -2.13. The summed E-state index contributed by atoms with van der Waals surface area (Å²) in [6.45, 7) is 1.25. The summed E-state index contributed by atoms with van der Waals surface area (Å²) in [6.07, 6.45) is 6.38. The first-order valence-electron chi connectivity index (χ1n) is 7.20. The van der Waals surface area contributed by atoms with Crippen molar-refractivity contribution in [1.82, 2.24) is 4.42 Å². The number of carbonyl (C=O) groups excluding carboxylic acids is 2. The average molecular weight is 308 g/mol. The third-order valence-corrected chi connectivity index (χ3v) is 3.38. The number of ketones is 1. The lowest BCUT2D eigenvalue weighted by Crippen LogP contribution is -2.15. The van der Waals surface area contributed by atoms with Gasteiger partial charge in [0.15, 0.2) is 5.78 Å². The molecule has 0 saturated heterocycles. The summed E-state index contributed by atoms with van der Waals surface area (Å²) < 4.78 is 6.32. The van der Waals surface area contributed by atoms with Crippen molar-refractivity contribution in [2.24, 2.45) is 0 Å². The molecule has 6 heteroatoms. The minimum absolute atomic E-state index is 0.0988. The summed E-state index contributed by atoms with van der Waals surface area (Å²) in [5.74, 6) is -0.261. The van der Waals surface area contributed by atoms with E-state index in [1.807, 2.05) is 0 Å². The molecular weight excluding hydrogens is 282 g/mol. The van der Waals surface area contributed by atoms with Crippen molar-refractivity contribution < 1.29 is 19.4 Å². The molecule has 0 radical (unpaired) electrons. The molecule has 1 N–H and O–H groups in total. The van der Waals surface area contributed by atoms with Gasteiger partial charge in [-0.2, -0.15) is 0 Å². The van der Waals surface area contributed by atoms with Crippen LogP contribution in [0.25, 0.3) is 0 Å². The van der Waals surface area contributed by atoms with E-state index in [0.29, 0.717) is 12.8 Å². The van der Waals surface area contributed by atoms with Crippen molar-refractivity contribution in [2.45, 2.75) is 51.4 Å². The van der Waals surface area contributed by atoms with Crippen LogP contribution in [0.2, 0.25) is 0 Å². The number of nitrogens with zero attached hydrogens (tertiary/aromatic N) is 1. The van der Waals surface area contributed by atoms with Gasteiger partial charge in [-0.25, -0.2) is 4.42 Å². The Kier molecular flexibility index (Phi) is 12.9. The molecule has 0 aliphatic carbocycles. The molecule has 0 heterocycles. The van der Waals surface area contributed by atoms with E-state index in [-0.39, 0.29) is 18.4 Å². The highest BCUT2D eigenvalue weighted by Gasteiger charge is 2.03. The zero-order valence-electron chi connectivity index (χ0n) is 12.3. The third-order valence-electron chi connectivity index (χ3n) is 3.04. The van der Waals surface area contributed by atoms with Gasteiger partial charge in [0.1, 0.15) is 6.61 Å². The first kappa shape index (κ1) is 19.4. The van der Waals surface area contributed by atoms with Gasteiger partial charge in [0.2, 0.25) is 0 Å². The molecule has 0 aromatic carbocycles. The van der Waals surface area contributed by atoms with Crippen LogP contribution in [0.3, 0.4) is 0 Å². The van der Waals surface area contributed by atoms with Gasteiger partial charge in [-0.15, -0.1) is 0 Å². The van der Waals surface area contributed by atoms with Crippen LogP contribution in [0.5, 0.6) is 0 Å². The van der Waals surface area contributed by atoms with Gasteiger partial charge in [-0.3, -0.25) is 9.59 Å². The molecule has 0 bridgehead atoms. The maximum absolute atomic E-state index is 10.9. The molecule has 0 aromatic heterocycles. The number of carbonyl (C=O) groups is 2. The highest BCUT2D eigenvalue weighted by Crippen LogP contribution is 2.07. The summed E-state index contributed by atoms with van der Waals surface area (Å²) in [5, 5.41) is 8.56. The van der Waals surface area contributed by atoms with Crippen molar-refractivity contribution in [3.8, 4) is 0 Å². The molecule has 0 amide bonds. The molecule has 0 atom stereocenters. The van der Waals surface area contributed by atoms with Crippen molar-refractivity contribution in [2.75, 3.05) is 26.8 Å². The number of ether oxygens (including phenoxy) is 1. The summed E-state index contributed by atoms with van der Waals surface area (Å²) in [5.41, 5.74) is 0. The van der Waals surface area contributed by atoms with Crippen LogP contribution in [0.15, 0.2) is 0 Å². The zero-order chi connectivity index (χ0) is 15.2. The number of Topliss-reactive ketones (excluding diaryl/α,β-unsaturated/α-hetero) is 1. The summed E-state index contributed by atoms with van der Waals surface area (Å²) in [7, 11) is 1.40. The van der Waals surface area contributed by atoms with Crippen LogP contribution in [0, 0.1) is 0 Å². The topological polar surface area (TPSA) is 66.8 Å². The molecule has 5 nitrogen and oxygen atoms in total. The minimum atomic E-state index is -0.354. The number of halogens is 1. The van der Waals surface area contributed by atoms with Gasteiger partial charge in [0.25, 0.3) is 0 Å². The first-order chi connectivity index (χ1) is 9.60. The van der Waals surface area contributed by atoms with Crippen LogP contribution in [0.1, 0.15) is 51.4 Å². The van der Waals surface area contributed by atoms with E-state index in [1.165, 1.54) is 7.11 Å². The SMILES string of the molecule is COC(=O)CCCCCN(Cl)CCCCCC(=O)CO. The molecule has 0 rings (SSSR count). The molecule has 118 valence electrons. The maximum Gasteiger partial charge on any atom is 0.305 e.